The van der Waals surface area contributed by atoms with Crippen molar-refractivity contribution in [3.8, 4) is 11.5 Å². The molecule has 0 radical (unpaired) electrons. The van der Waals surface area contributed by atoms with Gasteiger partial charge in [-0.2, -0.15) is 4.98 Å². The van der Waals surface area contributed by atoms with Crippen LogP contribution in [-0.2, 0) is 0 Å². The van der Waals surface area contributed by atoms with Gasteiger partial charge in [-0.15, -0.1) is 24.0 Å². The number of hydrogen-bond acceptors (Lipinski definition) is 3. The number of nitrogens with zero attached hydrogens (tertiary/aromatic N) is 2. The van der Waals surface area contributed by atoms with E-state index in [4.69, 9.17) is 9.40 Å². The molecule has 0 amide bonds. The minimum atomic E-state index is -2.36. The number of anilines is 1. The lowest BCUT2D eigenvalue weighted by atomic mass is 10.1. The molecule has 0 N–H and O–H groups in total. The Morgan fingerprint density at radius 1 is 0.568 bits per heavy atom. The quantitative estimate of drug-likeness (QED) is 0.160. The molecule has 5 heteroatoms. The van der Waals surface area contributed by atoms with Gasteiger partial charge in [0.1, 0.15) is 15.9 Å². The summed E-state index contributed by atoms with van der Waals surface area (Å²) in [5.41, 5.74) is 2.07. The highest BCUT2D eigenvalue weighted by Crippen LogP contribution is 2.56. The van der Waals surface area contributed by atoms with Gasteiger partial charge in [0.15, 0.2) is 7.26 Å². The Balaban J connectivity index is 0.00000280. The Labute approximate surface area is 236 Å². The molecule has 0 aliphatic carbocycles. The van der Waals surface area contributed by atoms with Gasteiger partial charge in [-0.3, -0.25) is 0 Å². The Morgan fingerprint density at radius 2 is 1.00 bits per heavy atom. The normalized spacial score (nSPS) is 13.7. The average Bonchev–Trinajstić information content (AvgIpc) is 3.42. The second-order valence-electron chi connectivity index (χ2n) is 9.24. The maximum atomic E-state index is 6.75. The van der Waals surface area contributed by atoms with Gasteiger partial charge >= 0.3 is 0 Å². The summed E-state index contributed by atoms with van der Waals surface area (Å²) in [6.45, 7) is 1.99. The van der Waals surface area contributed by atoms with E-state index in [1.165, 1.54) is 35.2 Å². The summed E-state index contributed by atoms with van der Waals surface area (Å²) in [4.78, 5) is 7.83. The first-order valence-corrected chi connectivity index (χ1v) is 14.5. The highest BCUT2D eigenvalue weighted by atomic mass is 127. The number of aromatic nitrogens is 1. The van der Waals surface area contributed by atoms with E-state index in [1.807, 2.05) is 18.2 Å². The zero-order chi connectivity index (χ0) is 24.2. The Hall–Kier alpha value is -2.95. The van der Waals surface area contributed by atoms with Crippen LogP contribution in [0.1, 0.15) is 19.3 Å². The third-order valence-electron chi connectivity index (χ3n) is 7.00. The summed E-state index contributed by atoms with van der Waals surface area (Å²) in [6.07, 6.45) is 3.62. The molecule has 1 fully saturated rings. The van der Waals surface area contributed by atoms with Gasteiger partial charge in [0, 0.05) is 18.7 Å². The number of oxazole rings is 1. The maximum Gasteiger partial charge on any atom is 0.262 e. The van der Waals surface area contributed by atoms with Crippen LogP contribution in [0.15, 0.2) is 126 Å². The predicted molar refractivity (Wildman–Crippen MR) is 168 cm³/mol. The molecule has 0 bridgehead atoms. The maximum absolute atomic E-state index is 6.75. The lowest BCUT2D eigenvalue weighted by Crippen LogP contribution is -2.42. The van der Waals surface area contributed by atoms with E-state index in [1.54, 1.807) is 0 Å². The number of piperidine rings is 1. The van der Waals surface area contributed by atoms with Gasteiger partial charge in [-0.1, -0.05) is 72.8 Å². The lowest BCUT2D eigenvalue weighted by molar-refractivity contribution is 0.506. The molecule has 3 nitrogen and oxygen atoms in total. The smallest absolute Gasteiger partial charge is 0.262 e. The molecular formula is C32H31IN2OP+. The molecule has 6 rings (SSSR count). The van der Waals surface area contributed by atoms with Gasteiger partial charge in [0.25, 0.3) is 11.3 Å². The SMILES string of the molecule is I.c1ccc(-c2nc([P+](c3ccccc3)(c3ccccc3)c3ccccc3)c(N3CCCCC3)o2)cc1. The van der Waals surface area contributed by atoms with Crippen molar-refractivity contribution >= 4 is 58.5 Å². The first-order chi connectivity index (χ1) is 17.9. The molecule has 1 aromatic heterocycles. The fraction of sp³-hybridized carbons (Fsp3) is 0.156. The van der Waals surface area contributed by atoms with E-state index in [-0.39, 0.29) is 24.0 Å². The van der Waals surface area contributed by atoms with Crippen molar-refractivity contribution in [2.75, 3.05) is 18.0 Å². The van der Waals surface area contributed by atoms with Gasteiger partial charge < -0.3 is 9.32 Å². The van der Waals surface area contributed by atoms with Crippen molar-refractivity contribution in [3.63, 3.8) is 0 Å². The summed E-state index contributed by atoms with van der Waals surface area (Å²) in [6, 6.07) is 43.1. The highest BCUT2D eigenvalue weighted by Gasteiger charge is 2.53. The molecule has 1 aliphatic heterocycles. The van der Waals surface area contributed by atoms with Crippen molar-refractivity contribution in [2.24, 2.45) is 0 Å². The molecule has 4 aromatic carbocycles. The fourth-order valence-corrected chi connectivity index (χ4v) is 9.50. The second kappa shape index (κ2) is 11.6. The first kappa shape index (κ1) is 25.7. The Morgan fingerprint density at radius 3 is 1.46 bits per heavy atom. The molecule has 186 valence electrons. The minimum absolute atomic E-state index is 0. The van der Waals surface area contributed by atoms with E-state index in [9.17, 15) is 0 Å². The molecule has 1 aliphatic rings. The molecule has 1 saturated heterocycles. The summed E-state index contributed by atoms with van der Waals surface area (Å²) < 4.78 is 6.75. The lowest BCUT2D eigenvalue weighted by Gasteiger charge is -2.30. The van der Waals surface area contributed by atoms with Crippen LogP contribution in [-0.4, -0.2) is 18.1 Å². The Kier molecular flexibility index (Phi) is 8.07. The highest BCUT2D eigenvalue weighted by molar-refractivity contribution is 14.0. The molecule has 0 atom stereocenters. The van der Waals surface area contributed by atoms with Crippen LogP contribution in [0.5, 0.6) is 0 Å². The molecule has 2 heterocycles. The van der Waals surface area contributed by atoms with Gasteiger partial charge in [-0.25, -0.2) is 0 Å². The van der Waals surface area contributed by atoms with E-state index in [0.29, 0.717) is 5.89 Å². The summed E-state index contributed by atoms with van der Waals surface area (Å²) in [5.74, 6) is 1.62. The number of halogens is 1. The van der Waals surface area contributed by atoms with Gasteiger partial charge in [0.2, 0.25) is 5.89 Å². The van der Waals surface area contributed by atoms with Crippen LogP contribution in [0, 0.1) is 0 Å². The molecule has 37 heavy (non-hydrogen) atoms. The second-order valence-corrected chi connectivity index (χ2v) is 12.6. The average molecular weight is 617 g/mol. The van der Waals surface area contributed by atoms with E-state index in [2.05, 4.69) is 108 Å². The van der Waals surface area contributed by atoms with Crippen molar-refractivity contribution in [1.29, 1.82) is 0 Å². The molecule has 0 spiro atoms. The standard InChI is InChI=1S/C32H30N2OP.HI/c1-6-16-26(17-7-1)30-33-31(32(35-30)34-24-14-5-15-25-34)36(27-18-8-2-9-19-27,28-20-10-3-11-21-28)29-22-12-4-13-23-29;/h1-4,6-13,16-23H,5,14-15,24-25H2;1H/q+1;. The number of benzene rings is 4. The van der Waals surface area contributed by atoms with E-state index in [0.717, 1.165) is 30.0 Å². The van der Waals surface area contributed by atoms with Crippen LogP contribution in [0.25, 0.3) is 11.5 Å². The zero-order valence-electron chi connectivity index (χ0n) is 20.7. The van der Waals surface area contributed by atoms with Crippen LogP contribution in [0.4, 0.5) is 5.88 Å². The monoisotopic (exact) mass is 617 g/mol. The van der Waals surface area contributed by atoms with Crippen LogP contribution < -0.4 is 26.2 Å². The largest absolute Gasteiger partial charge is 0.416 e. The van der Waals surface area contributed by atoms with Crippen molar-refractivity contribution < 1.29 is 4.42 Å². The van der Waals surface area contributed by atoms with Crippen LogP contribution in [0.3, 0.4) is 0 Å². The van der Waals surface area contributed by atoms with Crippen molar-refractivity contribution in [3.05, 3.63) is 121 Å². The van der Waals surface area contributed by atoms with Crippen LogP contribution in [0.2, 0.25) is 0 Å². The topological polar surface area (TPSA) is 29.3 Å². The fourth-order valence-electron chi connectivity index (χ4n) is 5.30. The first-order valence-electron chi connectivity index (χ1n) is 12.7. The summed E-state index contributed by atoms with van der Waals surface area (Å²) >= 11 is 0. The van der Waals surface area contributed by atoms with E-state index < -0.39 is 7.26 Å². The van der Waals surface area contributed by atoms with E-state index >= 15 is 0 Å². The minimum Gasteiger partial charge on any atom is -0.416 e. The zero-order valence-corrected chi connectivity index (χ0v) is 24.0. The van der Waals surface area contributed by atoms with Gasteiger partial charge in [0.05, 0.1) is 0 Å². The van der Waals surface area contributed by atoms with Gasteiger partial charge in [-0.05, 0) is 67.8 Å². The molecular weight excluding hydrogens is 586 g/mol. The third-order valence-corrected chi connectivity index (χ3v) is 11.1. The van der Waals surface area contributed by atoms with Crippen molar-refractivity contribution in [1.82, 2.24) is 4.98 Å². The van der Waals surface area contributed by atoms with Crippen LogP contribution >= 0.6 is 31.2 Å². The summed E-state index contributed by atoms with van der Waals surface area (Å²) in [5, 5.41) is 3.86. The third kappa shape index (κ3) is 4.85. The number of rotatable bonds is 6. The molecule has 0 saturated carbocycles. The molecule has 0 unspecified atom stereocenters. The molecule has 5 aromatic rings. The summed E-state index contributed by atoms with van der Waals surface area (Å²) in [7, 11) is -2.36. The predicted octanol–water partition coefficient (Wildman–Crippen LogP) is 6.57. The Bertz CT molecular complexity index is 1310. The number of hydrogen-bond donors (Lipinski definition) is 0. The van der Waals surface area contributed by atoms with Crippen molar-refractivity contribution in [2.45, 2.75) is 19.3 Å².